The van der Waals surface area contributed by atoms with Gasteiger partial charge in [-0.2, -0.15) is 5.01 Å². The fourth-order valence-electron chi connectivity index (χ4n) is 2.19. The van der Waals surface area contributed by atoms with Crippen LogP contribution >= 0.6 is 11.6 Å². The molecule has 1 fully saturated rings. The lowest BCUT2D eigenvalue weighted by atomic mass is 9.87. The number of halogens is 1. The second-order valence-electron chi connectivity index (χ2n) is 4.36. The number of carbonyl (C=O) groups is 3. The van der Waals surface area contributed by atoms with E-state index in [0.717, 1.165) is 0 Å². The molecule has 0 aromatic heterocycles. The van der Waals surface area contributed by atoms with E-state index in [1.165, 1.54) is 0 Å². The molecule has 1 atom stereocenters. The van der Waals surface area contributed by atoms with Gasteiger partial charge in [0.25, 0.3) is 11.8 Å². The Bertz CT molecular complexity index is 549. The number of rotatable bonds is 4. The number of alkyl halides is 1. The first kappa shape index (κ1) is 14.3. The number of hydrazine groups is 1. The molecular formula is C13H14ClN3O3. The highest BCUT2D eigenvalue weighted by Gasteiger charge is 2.52. The number of benzene rings is 1. The molecule has 106 valence electrons. The normalized spacial score (nSPS) is 21.8. The van der Waals surface area contributed by atoms with Gasteiger partial charge in [0, 0.05) is 0 Å². The van der Waals surface area contributed by atoms with Crippen LogP contribution in [0.15, 0.2) is 30.3 Å². The van der Waals surface area contributed by atoms with Gasteiger partial charge in [0.15, 0.2) is 0 Å². The minimum Gasteiger partial charge on any atom is -0.318 e. The number of nitrogens with zero attached hydrogens (tertiary/aromatic N) is 1. The van der Waals surface area contributed by atoms with Crippen LogP contribution in [-0.2, 0) is 15.1 Å². The number of imide groups is 1. The molecule has 6 nitrogen and oxygen atoms in total. The van der Waals surface area contributed by atoms with Gasteiger partial charge >= 0.3 is 6.03 Å². The van der Waals surface area contributed by atoms with Crippen molar-refractivity contribution in [3.63, 3.8) is 0 Å². The third-order valence-electron chi connectivity index (χ3n) is 3.25. The van der Waals surface area contributed by atoms with Gasteiger partial charge in [0.2, 0.25) is 0 Å². The van der Waals surface area contributed by atoms with Crippen molar-refractivity contribution in [3.8, 4) is 0 Å². The van der Waals surface area contributed by atoms with Crippen molar-refractivity contribution in [1.82, 2.24) is 15.8 Å². The molecule has 1 saturated heterocycles. The number of nitrogens with one attached hydrogen (secondary N) is 2. The molecule has 0 aliphatic carbocycles. The molecule has 1 aliphatic rings. The Morgan fingerprint density at radius 3 is 2.55 bits per heavy atom. The van der Waals surface area contributed by atoms with Crippen LogP contribution in [0, 0.1) is 0 Å². The Labute approximate surface area is 121 Å². The van der Waals surface area contributed by atoms with Crippen molar-refractivity contribution in [2.75, 3.05) is 5.88 Å². The number of carbonyl (C=O) groups excluding carboxylic acids is 3. The number of hydrogen-bond donors (Lipinski definition) is 2. The lowest BCUT2D eigenvalue weighted by Crippen LogP contribution is -2.48. The summed E-state index contributed by atoms with van der Waals surface area (Å²) in [4.78, 5) is 35.7. The molecule has 0 spiro atoms. The molecular weight excluding hydrogens is 282 g/mol. The third-order valence-corrected chi connectivity index (χ3v) is 3.49. The summed E-state index contributed by atoms with van der Waals surface area (Å²) in [5.41, 5.74) is 1.70. The largest absolute Gasteiger partial charge is 0.344 e. The molecule has 0 saturated carbocycles. The fourth-order valence-corrected chi connectivity index (χ4v) is 2.25. The summed E-state index contributed by atoms with van der Waals surface area (Å²) in [6.45, 7) is 1.79. The molecule has 1 aromatic rings. The van der Waals surface area contributed by atoms with E-state index in [4.69, 9.17) is 11.6 Å². The summed E-state index contributed by atoms with van der Waals surface area (Å²) in [7, 11) is 0. The first-order valence-electron chi connectivity index (χ1n) is 6.13. The van der Waals surface area contributed by atoms with Crippen LogP contribution in [0.2, 0.25) is 0 Å². The van der Waals surface area contributed by atoms with Gasteiger partial charge in [-0.25, -0.2) is 4.79 Å². The first-order chi connectivity index (χ1) is 9.55. The minimum absolute atomic E-state index is 0.332. The molecule has 1 aromatic carbocycles. The molecule has 7 heteroatoms. The highest BCUT2D eigenvalue weighted by atomic mass is 35.5. The lowest BCUT2D eigenvalue weighted by Gasteiger charge is -2.25. The molecule has 0 radical (unpaired) electrons. The maximum Gasteiger partial charge on any atom is 0.344 e. The Morgan fingerprint density at radius 2 is 2.00 bits per heavy atom. The first-order valence-corrected chi connectivity index (χ1v) is 6.66. The Morgan fingerprint density at radius 1 is 1.35 bits per heavy atom. The zero-order valence-electron chi connectivity index (χ0n) is 10.9. The van der Waals surface area contributed by atoms with Gasteiger partial charge in [-0.15, -0.1) is 11.6 Å². The summed E-state index contributed by atoms with van der Waals surface area (Å²) in [6.07, 6.45) is 0.370. The average Bonchev–Trinajstić information content (AvgIpc) is 2.73. The van der Waals surface area contributed by atoms with Gasteiger partial charge in [0.1, 0.15) is 11.4 Å². The average molecular weight is 296 g/mol. The van der Waals surface area contributed by atoms with E-state index in [1.807, 2.05) is 6.07 Å². The van der Waals surface area contributed by atoms with Crippen LogP contribution in [0.4, 0.5) is 4.79 Å². The fraction of sp³-hybridized carbons (Fsp3) is 0.308. The summed E-state index contributed by atoms with van der Waals surface area (Å²) < 4.78 is 0. The second-order valence-corrected chi connectivity index (χ2v) is 4.63. The van der Waals surface area contributed by atoms with E-state index in [2.05, 4.69) is 10.7 Å². The van der Waals surface area contributed by atoms with Crippen LogP contribution in [0.25, 0.3) is 0 Å². The predicted molar refractivity (Wildman–Crippen MR) is 72.7 cm³/mol. The minimum atomic E-state index is -1.15. The molecule has 0 bridgehead atoms. The van der Waals surface area contributed by atoms with E-state index < -0.39 is 23.4 Å². The van der Waals surface area contributed by atoms with E-state index >= 15 is 0 Å². The molecule has 1 heterocycles. The van der Waals surface area contributed by atoms with Crippen molar-refractivity contribution in [2.24, 2.45) is 0 Å². The van der Waals surface area contributed by atoms with E-state index in [1.54, 1.807) is 31.2 Å². The summed E-state index contributed by atoms with van der Waals surface area (Å²) in [5.74, 6) is -1.47. The molecule has 1 unspecified atom stereocenters. The van der Waals surface area contributed by atoms with E-state index in [-0.39, 0.29) is 5.88 Å². The molecule has 1 aliphatic heterocycles. The number of urea groups is 1. The van der Waals surface area contributed by atoms with Gasteiger partial charge in [-0.3, -0.25) is 15.0 Å². The number of amides is 4. The third kappa shape index (κ3) is 2.22. The highest BCUT2D eigenvalue weighted by Crippen LogP contribution is 2.31. The maximum absolute atomic E-state index is 12.5. The van der Waals surface area contributed by atoms with Gasteiger partial charge in [-0.1, -0.05) is 37.3 Å². The highest BCUT2D eigenvalue weighted by molar-refractivity contribution is 6.27. The molecule has 2 N–H and O–H groups in total. The Hall–Kier alpha value is -2.08. The zero-order valence-corrected chi connectivity index (χ0v) is 11.6. The predicted octanol–water partition coefficient (Wildman–Crippen LogP) is 1.11. The monoisotopic (exact) mass is 295 g/mol. The summed E-state index contributed by atoms with van der Waals surface area (Å²) in [5, 5.41) is 3.32. The standard InChI is InChI=1S/C13H14ClN3O3/c1-2-13(9-6-4-3-5-7-9)11(19)17(12(20)15-13)16-10(18)8-14/h3-7H,2,8H2,1H3,(H,15,20)(H,16,18). The van der Waals surface area contributed by atoms with E-state index in [9.17, 15) is 14.4 Å². The van der Waals surface area contributed by atoms with Crippen molar-refractivity contribution in [2.45, 2.75) is 18.9 Å². The molecule has 4 amide bonds. The van der Waals surface area contributed by atoms with Crippen LogP contribution in [-0.4, -0.2) is 28.7 Å². The summed E-state index contributed by atoms with van der Waals surface area (Å²) >= 11 is 5.37. The molecule has 20 heavy (non-hydrogen) atoms. The van der Waals surface area contributed by atoms with Crippen LogP contribution in [0.1, 0.15) is 18.9 Å². The smallest absolute Gasteiger partial charge is 0.318 e. The van der Waals surface area contributed by atoms with Gasteiger partial charge in [0.05, 0.1) is 0 Å². The van der Waals surface area contributed by atoms with Crippen LogP contribution in [0.5, 0.6) is 0 Å². The quantitative estimate of drug-likeness (QED) is 0.645. The Kier molecular flexibility index (Phi) is 3.94. The molecule has 2 rings (SSSR count). The van der Waals surface area contributed by atoms with Crippen molar-refractivity contribution in [3.05, 3.63) is 35.9 Å². The van der Waals surface area contributed by atoms with Crippen LogP contribution in [0.3, 0.4) is 0 Å². The second kappa shape index (κ2) is 5.50. The Balaban J connectivity index is 2.36. The maximum atomic E-state index is 12.5. The number of hydrogen-bond acceptors (Lipinski definition) is 3. The summed E-state index contributed by atoms with van der Waals surface area (Å²) in [6, 6.07) is 8.24. The zero-order chi connectivity index (χ0) is 14.8. The van der Waals surface area contributed by atoms with E-state index in [0.29, 0.717) is 17.0 Å². The van der Waals surface area contributed by atoms with Crippen molar-refractivity contribution < 1.29 is 14.4 Å². The SMILES string of the molecule is CCC1(c2ccccc2)NC(=O)N(NC(=O)CCl)C1=O. The van der Waals surface area contributed by atoms with Gasteiger partial charge < -0.3 is 5.32 Å². The van der Waals surface area contributed by atoms with Crippen molar-refractivity contribution >= 4 is 29.4 Å². The van der Waals surface area contributed by atoms with Crippen LogP contribution < -0.4 is 10.7 Å². The van der Waals surface area contributed by atoms with Gasteiger partial charge in [-0.05, 0) is 12.0 Å². The van der Waals surface area contributed by atoms with Crippen molar-refractivity contribution in [1.29, 1.82) is 0 Å². The topological polar surface area (TPSA) is 78.5 Å². The lowest BCUT2D eigenvalue weighted by molar-refractivity contribution is -0.138.